The number of hydrogen-bond donors (Lipinski definition) is 0. The van der Waals surface area contributed by atoms with Gasteiger partial charge in [0.25, 0.3) is 0 Å². The molecule has 14 heavy (non-hydrogen) atoms. The Labute approximate surface area is 88.0 Å². The molecule has 2 heteroatoms. The van der Waals surface area contributed by atoms with Crippen LogP contribution in [0.2, 0.25) is 0 Å². The maximum atomic E-state index is 6.09. The largest absolute Gasteiger partial charge is 0.353 e. The number of ether oxygens (including phenoxy) is 2. The van der Waals surface area contributed by atoms with Crippen molar-refractivity contribution in [3.8, 4) is 0 Å². The van der Waals surface area contributed by atoms with E-state index in [1.165, 1.54) is 0 Å². The monoisotopic (exact) mass is 200 g/mol. The van der Waals surface area contributed by atoms with Gasteiger partial charge in [0, 0.05) is 17.9 Å². The molecule has 1 atom stereocenters. The van der Waals surface area contributed by atoms with Crippen LogP contribution in [0.5, 0.6) is 0 Å². The zero-order valence-corrected chi connectivity index (χ0v) is 10.8. The molecule has 0 saturated carbocycles. The SMILES string of the molecule is CO[C@@]1(C)OC(C)(C)C(C)(C)C1(C)C. The minimum Gasteiger partial charge on any atom is -0.353 e. The Morgan fingerprint density at radius 3 is 1.36 bits per heavy atom. The van der Waals surface area contributed by atoms with Crippen LogP contribution in [0.3, 0.4) is 0 Å². The van der Waals surface area contributed by atoms with Crippen molar-refractivity contribution >= 4 is 0 Å². The van der Waals surface area contributed by atoms with Gasteiger partial charge in [-0.05, 0) is 20.8 Å². The van der Waals surface area contributed by atoms with Gasteiger partial charge in [-0.2, -0.15) is 0 Å². The summed E-state index contributed by atoms with van der Waals surface area (Å²) < 4.78 is 11.7. The lowest BCUT2D eigenvalue weighted by Crippen LogP contribution is -2.47. The van der Waals surface area contributed by atoms with Crippen LogP contribution in [0.1, 0.15) is 48.5 Å². The molecule has 0 aromatic carbocycles. The summed E-state index contributed by atoms with van der Waals surface area (Å²) in [6, 6.07) is 0. The van der Waals surface area contributed by atoms with E-state index in [9.17, 15) is 0 Å². The normalized spacial score (nSPS) is 38.6. The van der Waals surface area contributed by atoms with Crippen molar-refractivity contribution in [2.24, 2.45) is 10.8 Å². The van der Waals surface area contributed by atoms with E-state index < -0.39 is 5.79 Å². The van der Waals surface area contributed by atoms with E-state index in [4.69, 9.17) is 9.47 Å². The Morgan fingerprint density at radius 2 is 1.21 bits per heavy atom. The number of methoxy groups -OCH3 is 1. The average Bonchev–Trinajstić information content (AvgIpc) is 2.09. The second kappa shape index (κ2) is 2.73. The molecule has 1 aliphatic heterocycles. The summed E-state index contributed by atoms with van der Waals surface area (Å²) in [4.78, 5) is 0. The summed E-state index contributed by atoms with van der Waals surface area (Å²) in [5.41, 5.74) is -0.107. The predicted octanol–water partition coefficient (Wildman–Crippen LogP) is 3.21. The summed E-state index contributed by atoms with van der Waals surface area (Å²) in [7, 11) is 1.72. The zero-order valence-electron chi connectivity index (χ0n) is 10.8. The van der Waals surface area contributed by atoms with Crippen LogP contribution in [0.15, 0.2) is 0 Å². The van der Waals surface area contributed by atoms with Gasteiger partial charge in [0.05, 0.1) is 5.60 Å². The first-order valence-corrected chi connectivity index (χ1v) is 5.27. The molecular weight excluding hydrogens is 176 g/mol. The van der Waals surface area contributed by atoms with Crippen LogP contribution in [-0.2, 0) is 9.47 Å². The lowest BCUT2D eigenvalue weighted by atomic mass is 9.60. The molecule has 0 spiro atoms. The highest BCUT2D eigenvalue weighted by Crippen LogP contribution is 2.62. The summed E-state index contributed by atoms with van der Waals surface area (Å²) in [5.74, 6) is -0.500. The Bertz CT molecular complexity index is 241. The first-order chi connectivity index (χ1) is 6.02. The van der Waals surface area contributed by atoms with E-state index in [1.54, 1.807) is 7.11 Å². The average molecular weight is 200 g/mol. The molecule has 1 rings (SSSR count). The Hall–Kier alpha value is -0.0800. The highest BCUT2D eigenvalue weighted by molar-refractivity contribution is 5.09. The third-order valence-corrected chi connectivity index (χ3v) is 5.04. The fourth-order valence-electron chi connectivity index (χ4n) is 2.36. The van der Waals surface area contributed by atoms with Gasteiger partial charge >= 0.3 is 0 Å². The Morgan fingerprint density at radius 1 is 0.786 bits per heavy atom. The molecule has 84 valence electrons. The van der Waals surface area contributed by atoms with Crippen LogP contribution < -0.4 is 0 Å². The second-order valence-electron chi connectivity index (χ2n) is 6.01. The third kappa shape index (κ3) is 1.10. The van der Waals surface area contributed by atoms with E-state index in [2.05, 4.69) is 41.5 Å². The van der Waals surface area contributed by atoms with E-state index in [0.717, 1.165) is 0 Å². The highest BCUT2D eigenvalue weighted by atomic mass is 16.7. The van der Waals surface area contributed by atoms with Gasteiger partial charge in [-0.25, -0.2) is 0 Å². The van der Waals surface area contributed by atoms with Crippen molar-refractivity contribution in [3.63, 3.8) is 0 Å². The van der Waals surface area contributed by atoms with Gasteiger partial charge in [0.15, 0.2) is 5.79 Å². The standard InChI is InChI=1S/C12H24O2/c1-9(2)10(3,4)12(7,13-8)14-11(9,5)6/h1-8H3/t12-/m0/s1. The molecule has 0 bridgehead atoms. The molecule has 1 saturated heterocycles. The van der Waals surface area contributed by atoms with Crippen molar-refractivity contribution in [2.75, 3.05) is 7.11 Å². The molecule has 0 unspecified atom stereocenters. The van der Waals surface area contributed by atoms with Crippen LogP contribution >= 0.6 is 0 Å². The van der Waals surface area contributed by atoms with Crippen LogP contribution in [0, 0.1) is 10.8 Å². The molecular formula is C12H24O2. The third-order valence-electron chi connectivity index (χ3n) is 5.04. The molecule has 0 radical (unpaired) electrons. The van der Waals surface area contributed by atoms with E-state index in [1.807, 2.05) is 6.92 Å². The quantitative estimate of drug-likeness (QED) is 0.647. The first kappa shape index (κ1) is 12.0. The maximum Gasteiger partial charge on any atom is 0.171 e. The van der Waals surface area contributed by atoms with E-state index in [0.29, 0.717) is 0 Å². The summed E-state index contributed by atoms with van der Waals surface area (Å²) in [6.45, 7) is 15.2. The second-order valence-corrected chi connectivity index (χ2v) is 6.01. The summed E-state index contributed by atoms with van der Waals surface area (Å²) in [6.07, 6.45) is 0. The maximum absolute atomic E-state index is 6.09. The lowest BCUT2D eigenvalue weighted by Gasteiger charge is -2.44. The molecule has 0 N–H and O–H groups in total. The Balaban J connectivity index is 3.25. The number of hydrogen-bond acceptors (Lipinski definition) is 2. The van der Waals surface area contributed by atoms with Gasteiger partial charge in [-0.3, -0.25) is 0 Å². The van der Waals surface area contributed by atoms with E-state index >= 15 is 0 Å². The van der Waals surface area contributed by atoms with Crippen LogP contribution in [-0.4, -0.2) is 18.5 Å². The summed E-state index contributed by atoms with van der Waals surface area (Å²) in [5, 5.41) is 0. The molecule has 0 aliphatic carbocycles. The van der Waals surface area contributed by atoms with Crippen molar-refractivity contribution in [2.45, 2.75) is 59.9 Å². The smallest absolute Gasteiger partial charge is 0.171 e. The van der Waals surface area contributed by atoms with Gasteiger partial charge in [-0.15, -0.1) is 0 Å². The molecule has 0 aromatic heterocycles. The zero-order chi connectivity index (χ0) is 11.4. The van der Waals surface area contributed by atoms with Crippen molar-refractivity contribution in [1.29, 1.82) is 0 Å². The van der Waals surface area contributed by atoms with Gasteiger partial charge in [0.2, 0.25) is 0 Å². The van der Waals surface area contributed by atoms with Crippen molar-refractivity contribution in [3.05, 3.63) is 0 Å². The Kier molecular flexibility index (Phi) is 2.34. The topological polar surface area (TPSA) is 18.5 Å². The minimum atomic E-state index is -0.500. The molecule has 1 aliphatic rings. The van der Waals surface area contributed by atoms with Crippen LogP contribution in [0.4, 0.5) is 0 Å². The number of rotatable bonds is 1. The lowest BCUT2D eigenvalue weighted by molar-refractivity contribution is -0.252. The summed E-state index contributed by atoms with van der Waals surface area (Å²) >= 11 is 0. The molecule has 1 heterocycles. The van der Waals surface area contributed by atoms with Crippen molar-refractivity contribution < 1.29 is 9.47 Å². The molecule has 0 aromatic rings. The van der Waals surface area contributed by atoms with Crippen LogP contribution in [0.25, 0.3) is 0 Å². The van der Waals surface area contributed by atoms with Crippen molar-refractivity contribution in [1.82, 2.24) is 0 Å². The fourth-order valence-corrected chi connectivity index (χ4v) is 2.36. The molecule has 2 nitrogen and oxygen atoms in total. The minimum absolute atomic E-state index is 0.0156. The highest BCUT2D eigenvalue weighted by Gasteiger charge is 2.66. The van der Waals surface area contributed by atoms with Gasteiger partial charge in [-0.1, -0.05) is 27.7 Å². The first-order valence-electron chi connectivity index (χ1n) is 5.27. The molecule has 0 amide bonds. The molecule has 1 fully saturated rings. The van der Waals surface area contributed by atoms with Gasteiger partial charge in [0.1, 0.15) is 0 Å². The predicted molar refractivity (Wildman–Crippen MR) is 58.1 cm³/mol. The van der Waals surface area contributed by atoms with E-state index in [-0.39, 0.29) is 16.4 Å². The van der Waals surface area contributed by atoms with Gasteiger partial charge < -0.3 is 9.47 Å². The fraction of sp³-hybridized carbons (Fsp3) is 1.00.